The molecule has 166 valence electrons. The van der Waals surface area contributed by atoms with Crippen LogP contribution in [0.5, 0.6) is 0 Å². The molecule has 0 heterocycles. The van der Waals surface area contributed by atoms with Gasteiger partial charge in [-0.1, -0.05) is 48.2 Å². The normalized spacial score (nSPS) is 11.0. The maximum Gasteiger partial charge on any atom is 0.337 e. The molecular formula is C23H22N2O5S2. The van der Waals surface area contributed by atoms with Crippen molar-refractivity contribution in [3.05, 3.63) is 84.4 Å². The van der Waals surface area contributed by atoms with E-state index in [1.807, 2.05) is 48.5 Å². The molecule has 2 N–H and O–H groups in total. The molecule has 0 aliphatic carbocycles. The molecule has 7 nitrogen and oxygen atoms in total. The Bertz CT molecular complexity index is 1200. The van der Waals surface area contributed by atoms with E-state index in [2.05, 4.69) is 14.8 Å². The van der Waals surface area contributed by atoms with Gasteiger partial charge < -0.3 is 10.1 Å². The molecule has 0 aliphatic heterocycles. The van der Waals surface area contributed by atoms with Crippen molar-refractivity contribution < 1.29 is 22.7 Å². The van der Waals surface area contributed by atoms with Crippen LogP contribution in [0.3, 0.4) is 0 Å². The first kappa shape index (κ1) is 23.5. The molecule has 3 aromatic carbocycles. The van der Waals surface area contributed by atoms with Crippen molar-refractivity contribution in [2.24, 2.45) is 0 Å². The quantitative estimate of drug-likeness (QED) is 0.460. The number of amides is 1. The maximum absolute atomic E-state index is 12.5. The first-order chi connectivity index (χ1) is 15.4. The lowest BCUT2D eigenvalue weighted by Gasteiger charge is -2.11. The number of esters is 1. The lowest BCUT2D eigenvalue weighted by Crippen LogP contribution is -2.28. The van der Waals surface area contributed by atoms with Crippen LogP contribution < -0.4 is 10.0 Å². The van der Waals surface area contributed by atoms with Crippen LogP contribution in [0.1, 0.15) is 16.8 Å². The fourth-order valence-corrected chi connectivity index (χ4v) is 4.78. The first-order valence-corrected chi connectivity index (χ1v) is 12.0. The second kappa shape index (κ2) is 10.9. The van der Waals surface area contributed by atoms with Gasteiger partial charge in [0.15, 0.2) is 0 Å². The van der Waals surface area contributed by atoms with E-state index in [0.29, 0.717) is 5.69 Å². The molecule has 0 aromatic heterocycles. The van der Waals surface area contributed by atoms with Gasteiger partial charge in [0.2, 0.25) is 15.9 Å². The van der Waals surface area contributed by atoms with Crippen LogP contribution in [0, 0.1) is 0 Å². The number of sulfonamides is 1. The van der Waals surface area contributed by atoms with Crippen LogP contribution in [0.2, 0.25) is 0 Å². The molecule has 0 atom stereocenters. The number of hydrogen-bond donors (Lipinski definition) is 2. The van der Waals surface area contributed by atoms with Crippen molar-refractivity contribution in [3.63, 3.8) is 0 Å². The predicted octanol–water partition coefficient (Wildman–Crippen LogP) is 3.93. The van der Waals surface area contributed by atoms with Crippen LogP contribution in [0.4, 0.5) is 5.69 Å². The van der Waals surface area contributed by atoms with E-state index in [1.165, 1.54) is 43.1 Å². The first-order valence-electron chi connectivity index (χ1n) is 9.69. The summed E-state index contributed by atoms with van der Waals surface area (Å²) in [5.41, 5.74) is 0.778. The van der Waals surface area contributed by atoms with Crippen LogP contribution in [0.25, 0.3) is 0 Å². The third-order valence-corrected chi connectivity index (χ3v) is 6.88. The van der Waals surface area contributed by atoms with Crippen molar-refractivity contribution >= 4 is 39.3 Å². The lowest BCUT2D eigenvalue weighted by molar-refractivity contribution is -0.116. The van der Waals surface area contributed by atoms with E-state index in [1.54, 1.807) is 6.07 Å². The molecule has 0 saturated heterocycles. The lowest BCUT2D eigenvalue weighted by atomic mass is 10.2. The summed E-state index contributed by atoms with van der Waals surface area (Å²) < 4.78 is 32.0. The molecule has 0 bridgehead atoms. The van der Waals surface area contributed by atoms with Gasteiger partial charge in [-0.3, -0.25) is 4.79 Å². The molecule has 0 aliphatic rings. The van der Waals surface area contributed by atoms with E-state index in [4.69, 9.17) is 0 Å². The Hall–Kier alpha value is -3.14. The number of hydrogen-bond acceptors (Lipinski definition) is 6. The van der Waals surface area contributed by atoms with Gasteiger partial charge in [-0.2, -0.15) is 0 Å². The topological polar surface area (TPSA) is 102 Å². The third-order valence-electron chi connectivity index (χ3n) is 4.34. The van der Waals surface area contributed by atoms with Gasteiger partial charge >= 0.3 is 5.97 Å². The van der Waals surface area contributed by atoms with Gasteiger partial charge in [0.05, 0.1) is 23.3 Å². The molecule has 0 saturated carbocycles. The minimum atomic E-state index is -3.88. The smallest absolute Gasteiger partial charge is 0.337 e. The number of anilines is 1. The van der Waals surface area contributed by atoms with E-state index in [0.717, 1.165) is 9.79 Å². The number of carbonyl (C=O) groups is 2. The van der Waals surface area contributed by atoms with Crippen molar-refractivity contribution in [2.45, 2.75) is 21.1 Å². The minimum absolute atomic E-state index is 0.0553. The highest BCUT2D eigenvalue weighted by Gasteiger charge is 2.17. The van der Waals surface area contributed by atoms with Gasteiger partial charge in [-0.25, -0.2) is 17.9 Å². The summed E-state index contributed by atoms with van der Waals surface area (Å²) in [6.45, 7) is -0.0926. The standard InChI is InChI=1S/C23H22N2O5S2/c1-30-23(27)17-8-7-11-19(16-17)32(28,29)24-15-14-22(26)25-20-12-5-6-13-21(20)31-18-9-3-2-4-10-18/h2-13,16,24H,14-15H2,1H3,(H,25,26). The number of carbonyl (C=O) groups excluding carboxylic acids is 2. The Morgan fingerprint density at radius 1 is 0.938 bits per heavy atom. The van der Waals surface area contributed by atoms with E-state index < -0.39 is 16.0 Å². The van der Waals surface area contributed by atoms with E-state index in [-0.39, 0.29) is 29.3 Å². The molecule has 3 rings (SSSR count). The third kappa shape index (κ3) is 6.43. The zero-order valence-electron chi connectivity index (χ0n) is 17.3. The number of nitrogens with one attached hydrogen (secondary N) is 2. The molecule has 1 amide bonds. The predicted molar refractivity (Wildman–Crippen MR) is 123 cm³/mol. The molecule has 9 heteroatoms. The highest BCUT2D eigenvalue weighted by Crippen LogP contribution is 2.33. The fourth-order valence-electron chi connectivity index (χ4n) is 2.78. The van der Waals surface area contributed by atoms with Gasteiger partial charge in [0.25, 0.3) is 0 Å². The van der Waals surface area contributed by atoms with Crippen LogP contribution >= 0.6 is 11.8 Å². The molecular weight excluding hydrogens is 448 g/mol. The summed E-state index contributed by atoms with van der Waals surface area (Å²) in [5, 5.41) is 2.83. The maximum atomic E-state index is 12.5. The van der Waals surface area contributed by atoms with Crippen LogP contribution in [0.15, 0.2) is 93.5 Å². The molecule has 0 unspecified atom stereocenters. The fraction of sp³-hybridized carbons (Fsp3) is 0.130. The highest BCUT2D eigenvalue weighted by atomic mass is 32.2. The monoisotopic (exact) mass is 470 g/mol. The largest absolute Gasteiger partial charge is 0.465 e. The van der Waals surface area contributed by atoms with Gasteiger partial charge in [-0.15, -0.1) is 0 Å². The Kier molecular flexibility index (Phi) is 8.04. The summed E-state index contributed by atoms with van der Waals surface area (Å²) >= 11 is 1.52. The SMILES string of the molecule is COC(=O)c1cccc(S(=O)(=O)NCCC(=O)Nc2ccccc2Sc2ccccc2)c1. The molecule has 0 radical (unpaired) electrons. The van der Waals surface area contributed by atoms with E-state index >= 15 is 0 Å². The average molecular weight is 471 g/mol. The summed E-state index contributed by atoms with van der Waals surface area (Å²) in [4.78, 5) is 25.9. The Morgan fingerprint density at radius 3 is 2.41 bits per heavy atom. The van der Waals surface area contributed by atoms with Crippen molar-refractivity contribution in [1.29, 1.82) is 0 Å². The zero-order valence-corrected chi connectivity index (χ0v) is 18.9. The Morgan fingerprint density at radius 2 is 1.66 bits per heavy atom. The number of rotatable bonds is 9. The van der Waals surface area contributed by atoms with Gasteiger partial charge in [0, 0.05) is 22.8 Å². The number of benzene rings is 3. The summed E-state index contributed by atoms with van der Waals surface area (Å²) in [6.07, 6.45) is -0.0553. The van der Waals surface area contributed by atoms with Crippen molar-refractivity contribution in [2.75, 3.05) is 19.0 Å². The number of para-hydroxylation sites is 1. The van der Waals surface area contributed by atoms with Crippen molar-refractivity contribution in [3.8, 4) is 0 Å². The van der Waals surface area contributed by atoms with Gasteiger partial charge in [0.1, 0.15) is 0 Å². The number of ether oxygens (including phenoxy) is 1. The van der Waals surface area contributed by atoms with E-state index in [9.17, 15) is 18.0 Å². The second-order valence-corrected chi connectivity index (χ2v) is 9.51. The second-order valence-electron chi connectivity index (χ2n) is 6.63. The molecule has 0 fully saturated rings. The number of methoxy groups -OCH3 is 1. The average Bonchev–Trinajstić information content (AvgIpc) is 2.80. The molecule has 0 spiro atoms. The highest BCUT2D eigenvalue weighted by molar-refractivity contribution is 7.99. The summed E-state index contributed by atoms with van der Waals surface area (Å²) in [7, 11) is -2.66. The van der Waals surface area contributed by atoms with Gasteiger partial charge in [-0.05, 0) is 42.5 Å². The van der Waals surface area contributed by atoms with Crippen LogP contribution in [-0.4, -0.2) is 33.9 Å². The summed E-state index contributed by atoms with van der Waals surface area (Å²) in [6, 6.07) is 22.7. The molecule has 32 heavy (non-hydrogen) atoms. The van der Waals surface area contributed by atoms with Crippen LogP contribution in [-0.2, 0) is 19.6 Å². The summed E-state index contributed by atoms with van der Waals surface area (Å²) in [5.74, 6) is -0.953. The zero-order chi connectivity index (χ0) is 23.0. The minimum Gasteiger partial charge on any atom is -0.465 e. The molecule has 3 aromatic rings. The Balaban J connectivity index is 1.58. The van der Waals surface area contributed by atoms with Crippen molar-refractivity contribution in [1.82, 2.24) is 4.72 Å². The Labute approximate surface area is 191 Å².